The van der Waals surface area contributed by atoms with Gasteiger partial charge in [0.1, 0.15) is 11.5 Å². The minimum Gasteiger partial charge on any atom is -0.466 e. The Kier molecular flexibility index (Phi) is 3.81. The molecule has 1 N–H and O–H groups in total. The van der Waals surface area contributed by atoms with Crippen LogP contribution in [-0.4, -0.2) is 7.05 Å². The van der Waals surface area contributed by atoms with Gasteiger partial charge in [-0.3, -0.25) is 0 Å². The molecule has 1 unspecified atom stereocenters. The van der Waals surface area contributed by atoms with Crippen molar-refractivity contribution in [2.75, 3.05) is 7.05 Å². The van der Waals surface area contributed by atoms with E-state index in [1.165, 1.54) is 27.8 Å². The summed E-state index contributed by atoms with van der Waals surface area (Å²) in [6.07, 6.45) is 0. The van der Waals surface area contributed by atoms with E-state index in [2.05, 4.69) is 44.3 Å². The molecule has 0 aliphatic heterocycles. The van der Waals surface area contributed by atoms with Gasteiger partial charge in [0.05, 0.1) is 6.04 Å². The van der Waals surface area contributed by atoms with Crippen molar-refractivity contribution in [3.63, 3.8) is 0 Å². The Hall–Kier alpha value is -1.54. The lowest BCUT2D eigenvalue weighted by Crippen LogP contribution is -2.20. The minimum atomic E-state index is 0.193. The molecule has 0 bridgehead atoms. The first kappa shape index (κ1) is 13.9. The van der Waals surface area contributed by atoms with Crippen LogP contribution >= 0.6 is 0 Å². The molecule has 1 aromatic carbocycles. The molecule has 19 heavy (non-hydrogen) atoms. The summed E-state index contributed by atoms with van der Waals surface area (Å²) in [6.45, 7) is 10.5. The minimum absolute atomic E-state index is 0.193. The van der Waals surface area contributed by atoms with Crippen LogP contribution < -0.4 is 5.32 Å². The normalized spacial score (nSPS) is 12.7. The quantitative estimate of drug-likeness (QED) is 0.894. The molecular formula is C17H23NO. The molecule has 0 fully saturated rings. The molecule has 0 saturated carbocycles. The molecule has 2 rings (SSSR count). The monoisotopic (exact) mass is 257 g/mol. The molecule has 102 valence electrons. The topological polar surface area (TPSA) is 25.2 Å². The molecule has 1 atom stereocenters. The largest absolute Gasteiger partial charge is 0.466 e. The second-order valence-electron chi connectivity index (χ2n) is 5.40. The third-order valence-corrected chi connectivity index (χ3v) is 3.71. The summed E-state index contributed by atoms with van der Waals surface area (Å²) >= 11 is 0. The van der Waals surface area contributed by atoms with Crippen LogP contribution in [0.15, 0.2) is 22.6 Å². The van der Waals surface area contributed by atoms with Crippen LogP contribution in [0.5, 0.6) is 0 Å². The molecule has 0 radical (unpaired) electrons. The maximum atomic E-state index is 5.68. The fourth-order valence-corrected chi connectivity index (χ4v) is 3.04. The van der Waals surface area contributed by atoms with E-state index in [-0.39, 0.29) is 6.04 Å². The van der Waals surface area contributed by atoms with Crippen LogP contribution in [0, 0.1) is 34.6 Å². The summed E-state index contributed by atoms with van der Waals surface area (Å²) in [5.74, 6) is 1.96. The zero-order valence-electron chi connectivity index (χ0n) is 12.7. The summed E-state index contributed by atoms with van der Waals surface area (Å²) in [4.78, 5) is 0. The van der Waals surface area contributed by atoms with Gasteiger partial charge in [0, 0.05) is 5.56 Å². The number of hydrogen-bond donors (Lipinski definition) is 1. The van der Waals surface area contributed by atoms with Crippen molar-refractivity contribution in [3.05, 3.63) is 57.5 Å². The highest BCUT2D eigenvalue weighted by molar-refractivity contribution is 5.45. The van der Waals surface area contributed by atoms with E-state index in [9.17, 15) is 0 Å². The maximum absolute atomic E-state index is 5.68. The predicted molar refractivity (Wildman–Crippen MR) is 79.7 cm³/mol. The van der Waals surface area contributed by atoms with Crippen LogP contribution in [0.1, 0.15) is 45.4 Å². The Morgan fingerprint density at radius 1 is 0.947 bits per heavy atom. The van der Waals surface area contributed by atoms with Crippen molar-refractivity contribution in [2.45, 2.75) is 40.7 Å². The highest BCUT2D eigenvalue weighted by Crippen LogP contribution is 2.31. The molecule has 2 aromatic rings. The number of furan rings is 1. The van der Waals surface area contributed by atoms with Gasteiger partial charge < -0.3 is 9.73 Å². The summed E-state index contributed by atoms with van der Waals surface area (Å²) in [5, 5.41) is 3.43. The Balaban J connectivity index is 2.57. The molecule has 0 saturated heterocycles. The van der Waals surface area contributed by atoms with Gasteiger partial charge in [-0.1, -0.05) is 17.7 Å². The van der Waals surface area contributed by atoms with Crippen molar-refractivity contribution >= 4 is 0 Å². The molecular weight excluding hydrogens is 234 g/mol. The van der Waals surface area contributed by atoms with Crippen molar-refractivity contribution in [3.8, 4) is 0 Å². The van der Waals surface area contributed by atoms with Crippen LogP contribution in [-0.2, 0) is 0 Å². The summed E-state index contributed by atoms with van der Waals surface area (Å²) in [7, 11) is 2.01. The van der Waals surface area contributed by atoms with Gasteiger partial charge in [0.15, 0.2) is 0 Å². The lowest BCUT2D eigenvalue weighted by molar-refractivity contribution is 0.496. The molecule has 0 amide bonds. The molecule has 2 nitrogen and oxygen atoms in total. The van der Waals surface area contributed by atoms with Gasteiger partial charge in [-0.15, -0.1) is 0 Å². The van der Waals surface area contributed by atoms with Gasteiger partial charge in [0.25, 0.3) is 0 Å². The summed E-state index contributed by atoms with van der Waals surface area (Å²) in [5.41, 5.74) is 6.56. The first-order chi connectivity index (χ1) is 8.93. The predicted octanol–water partition coefficient (Wildman–Crippen LogP) is 4.13. The SMILES string of the molecule is CNC(c1cc(C)oc1C)c1c(C)cc(C)cc1C. The van der Waals surface area contributed by atoms with E-state index in [4.69, 9.17) is 4.42 Å². The fraction of sp³-hybridized carbons (Fsp3) is 0.412. The molecule has 2 heteroatoms. The Labute approximate surface area is 115 Å². The van der Waals surface area contributed by atoms with Gasteiger partial charge in [-0.05, 0) is 64.4 Å². The van der Waals surface area contributed by atoms with E-state index >= 15 is 0 Å². The van der Waals surface area contributed by atoms with Gasteiger partial charge in [0.2, 0.25) is 0 Å². The number of hydrogen-bond acceptors (Lipinski definition) is 2. The number of aryl methyl sites for hydroxylation is 5. The Morgan fingerprint density at radius 2 is 1.53 bits per heavy atom. The van der Waals surface area contributed by atoms with E-state index in [0.29, 0.717) is 0 Å². The fourth-order valence-electron chi connectivity index (χ4n) is 3.04. The van der Waals surface area contributed by atoms with E-state index in [1.807, 2.05) is 20.9 Å². The third kappa shape index (κ3) is 2.59. The highest BCUT2D eigenvalue weighted by Gasteiger charge is 2.21. The van der Waals surface area contributed by atoms with Crippen LogP contribution in [0.4, 0.5) is 0 Å². The van der Waals surface area contributed by atoms with Crippen molar-refractivity contribution in [1.82, 2.24) is 5.32 Å². The first-order valence-electron chi connectivity index (χ1n) is 6.76. The lowest BCUT2D eigenvalue weighted by Gasteiger charge is -2.21. The first-order valence-corrected chi connectivity index (χ1v) is 6.76. The number of nitrogens with one attached hydrogen (secondary N) is 1. The standard InChI is InChI=1S/C17H23NO/c1-10-7-11(2)16(12(3)8-10)17(18-6)15-9-13(4)19-14(15)5/h7-9,17-18H,1-6H3. The van der Waals surface area contributed by atoms with Crippen molar-refractivity contribution in [2.24, 2.45) is 0 Å². The van der Waals surface area contributed by atoms with E-state index in [0.717, 1.165) is 11.5 Å². The maximum Gasteiger partial charge on any atom is 0.106 e. The second kappa shape index (κ2) is 5.22. The average molecular weight is 257 g/mol. The van der Waals surface area contributed by atoms with Gasteiger partial charge in [-0.25, -0.2) is 0 Å². The van der Waals surface area contributed by atoms with Gasteiger partial charge >= 0.3 is 0 Å². The summed E-state index contributed by atoms with van der Waals surface area (Å²) < 4.78 is 5.68. The third-order valence-electron chi connectivity index (χ3n) is 3.71. The van der Waals surface area contributed by atoms with Crippen LogP contribution in [0.2, 0.25) is 0 Å². The average Bonchev–Trinajstić information content (AvgIpc) is 2.62. The smallest absolute Gasteiger partial charge is 0.106 e. The van der Waals surface area contributed by atoms with Gasteiger partial charge in [-0.2, -0.15) is 0 Å². The van der Waals surface area contributed by atoms with Crippen molar-refractivity contribution in [1.29, 1.82) is 0 Å². The molecule has 1 heterocycles. The molecule has 1 aromatic heterocycles. The zero-order chi connectivity index (χ0) is 14.2. The second-order valence-corrected chi connectivity index (χ2v) is 5.40. The molecule has 0 spiro atoms. The Morgan fingerprint density at radius 3 is 1.95 bits per heavy atom. The lowest BCUT2D eigenvalue weighted by atomic mass is 9.90. The Bertz CT molecular complexity index is 572. The highest BCUT2D eigenvalue weighted by atomic mass is 16.3. The number of benzene rings is 1. The zero-order valence-corrected chi connectivity index (χ0v) is 12.7. The molecule has 0 aliphatic carbocycles. The summed E-state index contributed by atoms with van der Waals surface area (Å²) in [6, 6.07) is 6.82. The van der Waals surface area contributed by atoms with Crippen LogP contribution in [0.25, 0.3) is 0 Å². The van der Waals surface area contributed by atoms with Crippen molar-refractivity contribution < 1.29 is 4.42 Å². The number of rotatable bonds is 3. The van der Waals surface area contributed by atoms with E-state index < -0.39 is 0 Å². The van der Waals surface area contributed by atoms with E-state index in [1.54, 1.807) is 0 Å². The molecule has 0 aliphatic rings. The van der Waals surface area contributed by atoms with Crippen LogP contribution in [0.3, 0.4) is 0 Å².